The van der Waals surface area contributed by atoms with E-state index in [2.05, 4.69) is 16.5 Å². The van der Waals surface area contributed by atoms with E-state index in [0.717, 1.165) is 24.2 Å². The molecule has 3 rings (SSSR count). The minimum absolute atomic E-state index is 0.0273. The Balaban J connectivity index is 1.66. The van der Waals surface area contributed by atoms with Gasteiger partial charge in [0.05, 0.1) is 23.4 Å². The molecule has 1 unspecified atom stereocenters. The number of ketones is 1. The maximum absolute atomic E-state index is 12.8. The number of sulfonamides is 1. The summed E-state index contributed by atoms with van der Waals surface area (Å²) in [6.07, 6.45) is 3.18. The van der Waals surface area contributed by atoms with E-state index in [1.807, 2.05) is 19.9 Å². The third-order valence-electron chi connectivity index (χ3n) is 5.40. The van der Waals surface area contributed by atoms with Gasteiger partial charge in [-0.1, -0.05) is 11.8 Å². The lowest BCUT2D eigenvalue weighted by molar-refractivity contribution is 0.102. The smallest absolute Gasteiger partial charge is 0.244 e. The van der Waals surface area contributed by atoms with Crippen LogP contribution in [0.25, 0.3) is 0 Å². The lowest BCUT2D eigenvalue weighted by atomic mass is 10.2. The van der Waals surface area contributed by atoms with Crippen LogP contribution in [-0.2, 0) is 14.8 Å². The van der Waals surface area contributed by atoms with Crippen molar-refractivity contribution in [2.75, 3.05) is 32.6 Å². The van der Waals surface area contributed by atoms with Crippen LogP contribution in [-0.4, -0.2) is 60.6 Å². The lowest BCUT2D eigenvalue weighted by Crippen LogP contribution is -2.27. The summed E-state index contributed by atoms with van der Waals surface area (Å²) in [5.74, 6) is 0.272. The van der Waals surface area contributed by atoms with Crippen molar-refractivity contribution >= 4 is 27.6 Å². The Morgan fingerprint density at radius 1 is 1.27 bits per heavy atom. The Morgan fingerprint density at radius 2 is 1.97 bits per heavy atom. The number of methoxy groups -OCH3 is 1. The first kappa shape index (κ1) is 23.0. The van der Waals surface area contributed by atoms with Crippen molar-refractivity contribution in [3.8, 4) is 0 Å². The summed E-state index contributed by atoms with van der Waals surface area (Å²) >= 11 is 1.31. The third-order valence-corrected chi connectivity index (χ3v) is 8.22. The molecule has 3 heterocycles. The van der Waals surface area contributed by atoms with E-state index in [1.54, 1.807) is 19.2 Å². The minimum Gasteiger partial charge on any atom is -0.383 e. The molecular formula is C21H29N3O4S2. The van der Waals surface area contributed by atoms with Crippen molar-refractivity contribution in [1.29, 1.82) is 0 Å². The van der Waals surface area contributed by atoms with Crippen molar-refractivity contribution in [3.05, 3.63) is 41.3 Å². The third kappa shape index (κ3) is 4.80. The minimum atomic E-state index is -3.47. The van der Waals surface area contributed by atoms with E-state index in [0.29, 0.717) is 30.3 Å². The fraction of sp³-hybridized carbons (Fsp3) is 0.524. The molecule has 164 valence electrons. The number of aryl methyl sites for hydroxylation is 1. The molecule has 1 fully saturated rings. The molecule has 1 aliphatic heterocycles. The summed E-state index contributed by atoms with van der Waals surface area (Å²) in [7, 11) is -1.80. The van der Waals surface area contributed by atoms with E-state index in [9.17, 15) is 13.2 Å². The Morgan fingerprint density at radius 3 is 2.57 bits per heavy atom. The molecule has 1 saturated heterocycles. The van der Waals surface area contributed by atoms with Crippen LogP contribution in [0.5, 0.6) is 0 Å². The first-order valence-corrected chi connectivity index (χ1v) is 12.5. The van der Waals surface area contributed by atoms with Crippen molar-refractivity contribution in [1.82, 2.24) is 13.9 Å². The fourth-order valence-corrected chi connectivity index (χ4v) is 6.14. The monoisotopic (exact) mass is 451 g/mol. The number of ether oxygens (including phenoxy) is 1. The van der Waals surface area contributed by atoms with Gasteiger partial charge in [-0.15, -0.1) is 0 Å². The Kier molecular flexibility index (Phi) is 7.38. The van der Waals surface area contributed by atoms with Crippen LogP contribution in [0.3, 0.4) is 0 Å². The lowest BCUT2D eigenvalue weighted by Gasteiger charge is -2.17. The molecule has 1 aliphatic rings. The highest BCUT2D eigenvalue weighted by Crippen LogP contribution is 2.25. The van der Waals surface area contributed by atoms with Crippen LogP contribution in [0.1, 0.15) is 47.6 Å². The largest absolute Gasteiger partial charge is 0.383 e. The second kappa shape index (κ2) is 9.64. The standard InChI is InChI=1S/C21H29N3O4S2/c1-15-11-19(17(3)24(15)16(2)13-28-4)20(25)14-29-21-8-7-18(12-22-21)30(26,27)23-9-5-6-10-23/h7-8,11-12,16H,5-6,9-10,13-14H2,1-4H3. The molecule has 2 aromatic heterocycles. The zero-order valence-electron chi connectivity index (χ0n) is 17.9. The van der Waals surface area contributed by atoms with E-state index >= 15 is 0 Å². The van der Waals surface area contributed by atoms with Crippen LogP contribution in [0, 0.1) is 13.8 Å². The molecule has 0 saturated carbocycles. The Hall–Kier alpha value is -1.68. The van der Waals surface area contributed by atoms with E-state index in [1.165, 1.54) is 22.3 Å². The Bertz CT molecular complexity index is 994. The van der Waals surface area contributed by atoms with Gasteiger partial charge in [0.1, 0.15) is 4.90 Å². The topological polar surface area (TPSA) is 81.5 Å². The van der Waals surface area contributed by atoms with Gasteiger partial charge in [-0.05, 0) is 51.8 Å². The summed E-state index contributed by atoms with van der Waals surface area (Å²) in [5, 5.41) is 0.630. The predicted octanol–water partition coefficient (Wildman–Crippen LogP) is 3.47. The van der Waals surface area contributed by atoms with Crippen molar-refractivity contribution in [2.45, 2.75) is 49.6 Å². The van der Waals surface area contributed by atoms with Gasteiger partial charge in [0.15, 0.2) is 5.78 Å². The van der Waals surface area contributed by atoms with E-state index in [4.69, 9.17) is 4.74 Å². The molecule has 0 aromatic carbocycles. The number of hydrogen-bond donors (Lipinski definition) is 0. The highest BCUT2D eigenvalue weighted by Gasteiger charge is 2.27. The van der Waals surface area contributed by atoms with Crippen LogP contribution in [0.2, 0.25) is 0 Å². The van der Waals surface area contributed by atoms with Gasteiger partial charge in [-0.3, -0.25) is 4.79 Å². The molecule has 0 amide bonds. The molecule has 9 heteroatoms. The number of hydrogen-bond acceptors (Lipinski definition) is 6. The fourth-order valence-electron chi connectivity index (χ4n) is 3.95. The number of rotatable bonds is 9. The summed E-state index contributed by atoms with van der Waals surface area (Å²) < 4.78 is 34.0. The average Bonchev–Trinajstić information content (AvgIpc) is 3.35. The van der Waals surface area contributed by atoms with Crippen LogP contribution in [0.15, 0.2) is 34.3 Å². The Labute approximate surface area is 182 Å². The van der Waals surface area contributed by atoms with Crippen LogP contribution < -0.4 is 0 Å². The van der Waals surface area contributed by atoms with Crippen LogP contribution in [0.4, 0.5) is 0 Å². The average molecular weight is 452 g/mol. The van der Waals surface area contributed by atoms with Gasteiger partial charge < -0.3 is 9.30 Å². The summed E-state index contributed by atoms with van der Waals surface area (Å²) in [5.41, 5.74) is 2.67. The van der Waals surface area contributed by atoms with Gasteiger partial charge in [0.25, 0.3) is 0 Å². The second-order valence-electron chi connectivity index (χ2n) is 7.61. The molecule has 0 bridgehead atoms. The first-order chi connectivity index (χ1) is 14.3. The zero-order valence-corrected chi connectivity index (χ0v) is 19.6. The van der Waals surface area contributed by atoms with Gasteiger partial charge >= 0.3 is 0 Å². The van der Waals surface area contributed by atoms with Crippen molar-refractivity contribution in [2.24, 2.45) is 0 Å². The molecule has 0 spiro atoms. The molecule has 0 N–H and O–H groups in total. The molecule has 2 aromatic rings. The second-order valence-corrected chi connectivity index (χ2v) is 10.5. The number of nitrogens with zero attached hydrogens (tertiary/aromatic N) is 3. The number of aromatic nitrogens is 2. The normalized spacial score (nSPS) is 16.1. The summed E-state index contributed by atoms with van der Waals surface area (Å²) in [6, 6.07) is 5.32. The molecular weight excluding hydrogens is 422 g/mol. The maximum atomic E-state index is 12.8. The summed E-state index contributed by atoms with van der Waals surface area (Å²) in [4.78, 5) is 17.3. The maximum Gasteiger partial charge on any atom is 0.244 e. The number of thioether (sulfide) groups is 1. The molecule has 30 heavy (non-hydrogen) atoms. The highest BCUT2D eigenvalue weighted by atomic mass is 32.2. The van der Waals surface area contributed by atoms with Gasteiger partial charge in [0, 0.05) is 43.3 Å². The number of pyridine rings is 1. The summed E-state index contributed by atoms with van der Waals surface area (Å²) in [6.45, 7) is 7.71. The number of carbonyl (C=O) groups is 1. The molecule has 0 radical (unpaired) electrons. The van der Waals surface area contributed by atoms with E-state index in [-0.39, 0.29) is 22.5 Å². The first-order valence-electron chi connectivity index (χ1n) is 10.0. The van der Waals surface area contributed by atoms with E-state index < -0.39 is 10.0 Å². The molecule has 1 atom stereocenters. The van der Waals surface area contributed by atoms with Crippen molar-refractivity contribution < 1.29 is 17.9 Å². The zero-order chi connectivity index (χ0) is 21.9. The van der Waals surface area contributed by atoms with Crippen LogP contribution >= 0.6 is 11.8 Å². The van der Waals surface area contributed by atoms with Gasteiger partial charge in [-0.2, -0.15) is 4.31 Å². The van der Waals surface area contributed by atoms with Gasteiger partial charge in [0.2, 0.25) is 10.0 Å². The quantitative estimate of drug-likeness (QED) is 0.429. The number of Topliss-reactive ketones (excluding diaryl/α,β-unsaturated/α-hetero) is 1. The molecule has 7 nitrogen and oxygen atoms in total. The molecule has 0 aliphatic carbocycles. The highest BCUT2D eigenvalue weighted by molar-refractivity contribution is 7.99. The van der Waals surface area contributed by atoms with Gasteiger partial charge in [-0.25, -0.2) is 13.4 Å². The predicted molar refractivity (Wildman–Crippen MR) is 118 cm³/mol. The SMILES string of the molecule is COCC(C)n1c(C)cc(C(=O)CSc2ccc(S(=O)(=O)N3CCCC3)cn2)c1C. The number of carbonyl (C=O) groups excluding carboxylic acids is 1. The van der Waals surface area contributed by atoms with Crippen molar-refractivity contribution in [3.63, 3.8) is 0 Å².